The van der Waals surface area contributed by atoms with Crippen molar-refractivity contribution >= 4 is 5.97 Å². The molecule has 0 unspecified atom stereocenters. The van der Waals surface area contributed by atoms with Gasteiger partial charge in [-0.25, -0.2) is 4.79 Å². The van der Waals surface area contributed by atoms with E-state index in [-0.39, 0.29) is 11.3 Å². The van der Waals surface area contributed by atoms with Crippen LogP contribution in [0.15, 0.2) is 12.1 Å². The molecule has 0 bridgehead atoms. The highest BCUT2D eigenvalue weighted by molar-refractivity contribution is 5.93. The van der Waals surface area contributed by atoms with E-state index in [0.29, 0.717) is 18.1 Å². The Morgan fingerprint density at radius 1 is 0.733 bits per heavy atom. The Kier molecular flexibility index (Phi) is 14.6. The minimum atomic E-state index is -0.622. The minimum absolute atomic E-state index is 0.224. The number of hydrogen-bond acceptors (Lipinski definition) is 6. The molecule has 0 spiro atoms. The molecule has 1 aromatic rings. The molecule has 0 amide bonds. The lowest BCUT2D eigenvalue weighted by molar-refractivity contribution is -0.241. The van der Waals surface area contributed by atoms with Gasteiger partial charge in [-0.15, -0.1) is 0 Å². The van der Waals surface area contributed by atoms with E-state index < -0.39 is 5.97 Å². The van der Waals surface area contributed by atoms with Gasteiger partial charge in [0, 0.05) is 0 Å². The topological polar surface area (TPSA) is 63.2 Å². The molecule has 0 N–H and O–H groups in total. The monoisotopic (exact) mass is 423 g/mol. The molecule has 0 saturated heterocycles. The fourth-order valence-electron chi connectivity index (χ4n) is 3.33. The van der Waals surface area contributed by atoms with Crippen molar-refractivity contribution in [3.8, 4) is 17.2 Å². The first kappa shape index (κ1) is 26.1. The van der Waals surface area contributed by atoms with Gasteiger partial charge in [-0.1, -0.05) is 77.6 Å². The molecule has 0 aliphatic heterocycles. The molecule has 0 fully saturated rings. The zero-order valence-corrected chi connectivity index (χ0v) is 19.0. The van der Waals surface area contributed by atoms with Crippen molar-refractivity contribution in [2.24, 2.45) is 0 Å². The van der Waals surface area contributed by atoms with Crippen LogP contribution in [0, 0.1) is 6.92 Å². The summed E-state index contributed by atoms with van der Waals surface area (Å²) in [4.78, 5) is 22.3. The van der Waals surface area contributed by atoms with Crippen molar-refractivity contribution in [3.63, 3.8) is 0 Å². The SMILES string of the molecule is [CH2]CCCCCCCCCCCCCOOC(=O)c1ccc(OC)c(OC)c1OC. The predicted molar refractivity (Wildman–Crippen MR) is 118 cm³/mol. The van der Waals surface area contributed by atoms with E-state index in [9.17, 15) is 4.79 Å². The third-order valence-electron chi connectivity index (χ3n) is 5.04. The summed E-state index contributed by atoms with van der Waals surface area (Å²) in [5, 5.41) is 0. The van der Waals surface area contributed by atoms with Gasteiger partial charge >= 0.3 is 5.97 Å². The Balaban J connectivity index is 2.14. The molecular weight excluding hydrogens is 384 g/mol. The van der Waals surface area contributed by atoms with Gasteiger partial charge in [-0.05, 0) is 18.6 Å². The summed E-state index contributed by atoms with van der Waals surface area (Å²) >= 11 is 0. The summed E-state index contributed by atoms with van der Waals surface area (Å²) in [6.07, 6.45) is 14.7. The highest BCUT2D eigenvalue weighted by Crippen LogP contribution is 2.39. The van der Waals surface area contributed by atoms with E-state index in [4.69, 9.17) is 24.0 Å². The summed E-state index contributed by atoms with van der Waals surface area (Å²) in [6.45, 7) is 4.26. The molecule has 0 heterocycles. The molecular formula is C24H39O6. The number of hydrogen-bond donors (Lipinski definition) is 0. The molecule has 0 aliphatic carbocycles. The third kappa shape index (κ3) is 9.70. The number of carbonyl (C=O) groups excluding carboxylic acids is 1. The molecule has 6 heteroatoms. The Morgan fingerprint density at radius 3 is 1.77 bits per heavy atom. The van der Waals surface area contributed by atoms with Gasteiger partial charge in [0.2, 0.25) is 5.75 Å². The molecule has 0 aromatic heterocycles. The maximum absolute atomic E-state index is 12.3. The van der Waals surface area contributed by atoms with Crippen molar-refractivity contribution in [1.29, 1.82) is 0 Å². The van der Waals surface area contributed by atoms with Crippen molar-refractivity contribution in [2.45, 2.75) is 77.0 Å². The van der Waals surface area contributed by atoms with E-state index in [1.54, 1.807) is 12.1 Å². The molecule has 0 aliphatic rings. The van der Waals surface area contributed by atoms with Crippen molar-refractivity contribution < 1.29 is 28.8 Å². The summed E-state index contributed by atoms with van der Waals surface area (Å²) in [5.41, 5.74) is 0.224. The first-order chi connectivity index (χ1) is 14.7. The zero-order chi connectivity index (χ0) is 22.0. The Morgan fingerprint density at radius 2 is 1.27 bits per heavy atom. The number of carbonyl (C=O) groups is 1. The minimum Gasteiger partial charge on any atom is -0.493 e. The van der Waals surface area contributed by atoms with Crippen LogP contribution in [-0.2, 0) is 9.78 Å². The smallest absolute Gasteiger partial charge is 0.376 e. The normalized spacial score (nSPS) is 10.7. The molecule has 1 aromatic carbocycles. The predicted octanol–water partition coefficient (Wildman–Crippen LogP) is 6.32. The second-order valence-electron chi connectivity index (χ2n) is 7.32. The van der Waals surface area contributed by atoms with E-state index in [1.165, 1.54) is 79.1 Å². The van der Waals surface area contributed by atoms with Gasteiger partial charge in [0.25, 0.3) is 0 Å². The second kappa shape index (κ2) is 16.8. The highest BCUT2D eigenvalue weighted by Gasteiger charge is 2.22. The lowest BCUT2D eigenvalue weighted by Crippen LogP contribution is -2.10. The van der Waals surface area contributed by atoms with Crippen molar-refractivity contribution in [3.05, 3.63) is 24.6 Å². The lowest BCUT2D eigenvalue weighted by atomic mass is 10.1. The number of ether oxygens (including phenoxy) is 3. The number of rotatable bonds is 18. The quantitative estimate of drug-likeness (QED) is 0.156. The van der Waals surface area contributed by atoms with Crippen molar-refractivity contribution in [1.82, 2.24) is 0 Å². The van der Waals surface area contributed by atoms with Gasteiger partial charge in [0.05, 0.1) is 27.9 Å². The van der Waals surface area contributed by atoms with Crippen LogP contribution in [0.1, 0.15) is 87.4 Å². The molecule has 0 saturated carbocycles. The largest absolute Gasteiger partial charge is 0.493 e. The summed E-state index contributed by atoms with van der Waals surface area (Å²) < 4.78 is 15.8. The van der Waals surface area contributed by atoms with Crippen LogP contribution in [0.2, 0.25) is 0 Å². The Labute approximate surface area is 182 Å². The van der Waals surface area contributed by atoms with Gasteiger partial charge in [0.15, 0.2) is 11.5 Å². The van der Waals surface area contributed by atoms with Crippen LogP contribution < -0.4 is 14.2 Å². The summed E-state index contributed by atoms with van der Waals surface area (Å²) in [6, 6.07) is 3.19. The summed E-state index contributed by atoms with van der Waals surface area (Å²) in [5.74, 6) is 0.449. The van der Waals surface area contributed by atoms with E-state index in [1.807, 2.05) is 0 Å². The Bertz CT molecular complexity index is 587. The molecule has 30 heavy (non-hydrogen) atoms. The fraction of sp³-hybridized carbons (Fsp3) is 0.667. The van der Waals surface area contributed by atoms with Crippen LogP contribution in [0.5, 0.6) is 17.2 Å². The maximum atomic E-state index is 12.3. The van der Waals surface area contributed by atoms with Gasteiger partial charge < -0.3 is 14.2 Å². The van der Waals surface area contributed by atoms with E-state index in [0.717, 1.165) is 19.3 Å². The summed E-state index contributed by atoms with van der Waals surface area (Å²) in [7, 11) is 4.46. The fourth-order valence-corrected chi connectivity index (χ4v) is 3.33. The molecule has 0 atom stereocenters. The zero-order valence-electron chi connectivity index (χ0n) is 19.0. The lowest BCUT2D eigenvalue weighted by Gasteiger charge is -2.14. The standard InChI is InChI=1S/C24H39O6/c1-5-6-7-8-9-10-11-12-13-14-15-16-19-29-30-24(25)20-17-18-21(26-2)23(28-4)22(20)27-3/h17-18H,1,5-16,19H2,2-4H3. The highest BCUT2D eigenvalue weighted by atomic mass is 17.2. The van der Waals surface area contributed by atoms with Gasteiger partial charge in [-0.2, -0.15) is 4.89 Å². The molecule has 1 rings (SSSR count). The third-order valence-corrected chi connectivity index (χ3v) is 5.04. The van der Waals surface area contributed by atoms with Crippen LogP contribution in [-0.4, -0.2) is 33.9 Å². The number of methoxy groups -OCH3 is 3. The molecule has 1 radical (unpaired) electrons. The second-order valence-corrected chi connectivity index (χ2v) is 7.32. The van der Waals surface area contributed by atoms with Crippen LogP contribution in [0.3, 0.4) is 0 Å². The Hall–Kier alpha value is -1.95. The number of benzene rings is 1. The first-order valence-electron chi connectivity index (χ1n) is 11.1. The molecule has 171 valence electrons. The van der Waals surface area contributed by atoms with Gasteiger partial charge in [-0.3, -0.25) is 4.89 Å². The molecule has 6 nitrogen and oxygen atoms in total. The van der Waals surface area contributed by atoms with Crippen molar-refractivity contribution in [2.75, 3.05) is 27.9 Å². The van der Waals surface area contributed by atoms with E-state index in [2.05, 4.69) is 6.92 Å². The van der Waals surface area contributed by atoms with Crippen LogP contribution in [0.4, 0.5) is 0 Å². The average molecular weight is 424 g/mol. The van der Waals surface area contributed by atoms with Crippen LogP contribution >= 0.6 is 0 Å². The first-order valence-corrected chi connectivity index (χ1v) is 11.1. The average Bonchev–Trinajstić information content (AvgIpc) is 2.77. The number of unbranched alkanes of at least 4 members (excludes halogenated alkanes) is 11. The van der Waals surface area contributed by atoms with Crippen LogP contribution in [0.25, 0.3) is 0 Å². The van der Waals surface area contributed by atoms with Gasteiger partial charge in [0.1, 0.15) is 5.56 Å². The maximum Gasteiger partial charge on any atom is 0.376 e. The van der Waals surface area contributed by atoms with E-state index >= 15 is 0 Å².